The molecule has 0 aliphatic rings. The maximum absolute atomic E-state index is 5.10. The minimum Gasteiger partial charge on any atom is -0.378 e. The van der Waals surface area contributed by atoms with E-state index in [4.69, 9.17) is 4.98 Å². The Labute approximate surface area is 201 Å². The molecular formula is C31H29N3. The summed E-state index contributed by atoms with van der Waals surface area (Å²) in [5.41, 5.74) is 8.91. The lowest BCUT2D eigenvalue weighted by atomic mass is 9.95. The Balaban J connectivity index is 1.69. The van der Waals surface area contributed by atoms with E-state index in [1.54, 1.807) is 0 Å². The van der Waals surface area contributed by atoms with Gasteiger partial charge in [0.05, 0.1) is 11.4 Å². The molecule has 0 bridgehead atoms. The fraction of sp³-hybridized carbons (Fsp3) is 0.129. The van der Waals surface area contributed by atoms with Crippen LogP contribution in [0.5, 0.6) is 0 Å². The molecule has 0 aliphatic carbocycles. The number of benzene rings is 4. The van der Waals surface area contributed by atoms with Crippen LogP contribution in [-0.2, 0) is 0 Å². The van der Waals surface area contributed by atoms with Gasteiger partial charge in [-0.1, -0.05) is 66.7 Å². The van der Waals surface area contributed by atoms with Gasteiger partial charge in [0.2, 0.25) is 0 Å². The van der Waals surface area contributed by atoms with Crippen molar-refractivity contribution >= 4 is 22.1 Å². The van der Waals surface area contributed by atoms with Crippen LogP contribution in [0.1, 0.15) is 0 Å². The number of fused-ring (bicyclic) bond motifs is 1. The summed E-state index contributed by atoms with van der Waals surface area (Å²) in [5.74, 6) is 0. The van der Waals surface area contributed by atoms with Crippen LogP contribution < -0.4 is 9.80 Å². The molecule has 1 aromatic heterocycles. The molecule has 0 aliphatic heterocycles. The molecule has 4 aromatic carbocycles. The Bertz CT molecular complexity index is 1360. The van der Waals surface area contributed by atoms with Gasteiger partial charge >= 0.3 is 0 Å². The van der Waals surface area contributed by atoms with E-state index in [2.05, 4.69) is 141 Å². The number of nitrogens with zero attached hydrogens (tertiary/aromatic N) is 3. The van der Waals surface area contributed by atoms with Crippen molar-refractivity contribution in [2.24, 2.45) is 0 Å². The number of rotatable bonds is 5. The quantitative estimate of drug-likeness (QED) is 0.283. The van der Waals surface area contributed by atoms with Gasteiger partial charge in [-0.2, -0.15) is 0 Å². The number of hydrogen-bond acceptors (Lipinski definition) is 3. The number of aromatic nitrogens is 1. The average molecular weight is 444 g/mol. The van der Waals surface area contributed by atoms with E-state index in [1.165, 1.54) is 33.3 Å². The van der Waals surface area contributed by atoms with Crippen LogP contribution in [0, 0.1) is 0 Å². The second-order valence-corrected chi connectivity index (χ2v) is 9.04. The van der Waals surface area contributed by atoms with Gasteiger partial charge in [0.1, 0.15) is 0 Å². The molecule has 0 unspecified atom stereocenters. The monoisotopic (exact) mass is 443 g/mol. The Hall–Kier alpha value is -4.11. The molecular weight excluding hydrogens is 414 g/mol. The first kappa shape index (κ1) is 21.7. The van der Waals surface area contributed by atoms with E-state index in [1.807, 2.05) is 0 Å². The highest BCUT2D eigenvalue weighted by molar-refractivity contribution is 5.97. The van der Waals surface area contributed by atoms with Crippen LogP contribution in [0.15, 0.2) is 103 Å². The molecule has 0 fully saturated rings. The van der Waals surface area contributed by atoms with E-state index in [0.29, 0.717) is 0 Å². The molecule has 0 radical (unpaired) electrons. The molecule has 3 heteroatoms. The molecule has 168 valence electrons. The van der Waals surface area contributed by atoms with Crippen molar-refractivity contribution in [3.8, 4) is 33.6 Å². The van der Waals surface area contributed by atoms with Crippen LogP contribution in [0.3, 0.4) is 0 Å². The summed E-state index contributed by atoms with van der Waals surface area (Å²) in [6.45, 7) is 0. The zero-order chi connectivity index (χ0) is 23.7. The smallest absolute Gasteiger partial charge is 0.0715 e. The summed E-state index contributed by atoms with van der Waals surface area (Å²) in [4.78, 5) is 9.33. The van der Waals surface area contributed by atoms with Gasteiger partial charge in [-0.3, -0.25) is 0 Å². The fourth-order valence-electron chi connectivity index (χ4n) is 4.32. The van der Waals surface area contributed by atoms with Gasteiger partial charge in [0, 0.05) is 50.7 Å². The minimum absolute atomic E-state index is 0.974. The predicted molar refractivity (Wildman–Crippen MR) is 147 cm³/mol. The lowest BCUT2D eigenvalue weighted by molar-refractivity contribution is 1.13. The second-order valence-electron chi connectivity index (χ2n) is 9.04. The molecule has 34 heavy (non-hydrogen) atoms. The summed E-state index contributed by atoms with van der Waals surface area (Å²) in [6.07, 6.45) is 0. The van der Waals surface area contributed by atoms with Crippen molar-refractivity contribution in [3.05, 3.63) is 103 Å². The first-order valence-corrected chi connectivity index (χ1v) is 11.6. The topological polar surface area (TPSA) is 19.4 Å². The fourth-order valence-corrected chi connectivity index (χ4v) is 4.32. The van der Waals surface area contributed by atoms with Gasteiger partial charge in [-0.25, -0.2) is 4.98 Å². The zero-order valence-corrected chi connectivity index (χ0v) is 20.2. The molecule has 0 amide bonds. The number of pyridine rings is 1. The molecule has 0 saturated heterocycles. The highest BCUT2D eigenvalue weighted by atomic mass is 15.1. The second kappa shape index (κ2) is 9.03. The van der Waals surface area contributed by atoms with E-state index in [9.17, 15) is 0 Å². The summed E-state index contributed by atoms with van der Waals surface area (Å²) in [7, 11) is 8.24. The van der Waals surface area contributed by atoms with Gasteiger partial charge in [-0.05, 0) is 58.3 Å². The van der Waals surface area contributed by atoms with E-state index in [-0.39, 0.29) is 0 Å². The maximum Gasteiger partial charge on any atom is 0.0715 e. The number of anilines is 2. The van der Waals surface area contributed by atoms with Crippen molar-refractivity contribution in [2.45, 2.75) is 0 Å². The van der Waals surface area contributed by atoms with Gasteiger partial charge in [-0.15, -0.1) is 0 Å². The minimum atomic E-state index is 0.974. The molecule has 0 N–H and O–H groups in total. The highest BCUT2D eigenvalue weighted by Gasteiger charge is 2.11. The average Bonchev–Trinajstić information content (AvgIpc) is 2.88. The molecule has 0 saturated carbocycles. The molecule has 3 nitrogen and oxygen atoms in total. The first-order valence-electron chi connectivity index (χ1n) is 11.6. The zero-order valence-electron chi connectivity index (χ0n) is 20.2. The van der Waals surface area contributed by atoms with Crippen molar-refractivity contribution in [3.63, 3.8) is 0 Å². The summed E-state index contributed by atoms with van der Waals surface area (Å²) in [6, 6.07) is 36.7. The van der Waals surface area contributed by atoms with Crippen molar-refractivity contribution in [2.75, 3.05) is 38.0 Å². The standard InChI is InChI=1S/C31H29N3/c1-33(2)26-16-12-23(13-17-26)30-20-25(29-11-7-9-22-8-5-6-10-28(22)29)21-31(32-30)24-14-18-27(19-15-24)34(3)4/h5-21H,1-4H3. The van der Waals surface area contributed by atoms with Crippen molar-refractivity contribution in [1.29, 1.82) is 0 Å². The first-order chi connectivity index (χ1) is 16.5. The van der Waals surface area contributed by atoms with Gasteiger partial charge in [0.25, 0.3) is 0 Å². The van der Waals surface area contributed by atoms with Crippen LogP contribution in [0.4, 0.5) is 11.4 Å². The summed E-state index contributed by atoms with van der Waals surface area (Å²) in [5, 5.41) is 2.49. The van der Waals surface area contributed by atoms with Crippen molar-refractivity contribution in [1.82, 2.24) is 4.98 Å². The Kier molecular flexibility index (Phi) is 5.77. The van der Waals surface area contributed by atoms with Crippen LogP contribution in [0.25, 0.3) is 44.4 Å². The largest absolute Gasteiger partial charge is 0.378 e. The predicted octanol–water partition coefficient (Wildman–Crippen LogP) is 7.37. The maximum atomic E-state index is 5.10. The van der Waals surface area contributed by atoms with Crippen LogP contribution >= 0.6 is 0 Å². The van der Waals surface area contributed by atoms with Crippen LogP contribution in [-0.4, -0.2) is 33.2 Å². The third kappa shape index (κ3) is 4.25. The Morgan fingerprint density at radius 1 is 0.500 bits per heavy atom. The Morgan fingerprint density at radius 3 is 1.53 bits per heavy atom. The SMILES string of the molecule is CN(C)c1ccc(-c2cc(-c3cccc4ccccc34)cc(-c3ccc(N(C)C)cc3)n2)cc1. The lowest BCUT2D eigenvalue weighted by Gasteiger charge is -2.15. The highest BCUT2D eigenvalue weighted by Crippen LogP contribution is 2.34. The van der Waals surface area contributed by atoms with E-state index in [0.717, 1.165) is 22.5 Å². The van der Waals surface area contributed by atoms with Crippen molar-refractivity contribution < 1.29 is 0 Å². The third-order valence-corrected chi connectivity index (χ3v) is 6.28. The van der Waals surface area contributed by atoms with Gasteiger partial charge < -0.3 is 9.80 Å². The van der Waals surface area contributed by atoms with E-state index >= 15 is 0 Å². The molecule has 5 aromatic rings. The van der Waals surface area contributed by atoms with E-state index < -0.39 is 0 Å². The molecule has 0 spiro atoms. The lowest BCUT2D eigenvalue weighted by Crippen LogP contribution is -2.08. The molecule has 0 atom stereocenters. The molecule has 1 heterocycles. The van der Waals surface area contributed by atoms with Crippen LogP contribution in [0.2, 0.25) is 0 Å². The number of hydrogen-bond donors (Lipinski definition) is 0. The van der Waals surface area contributed by atoms with Gasteiger partial charge in [0.15, 0.2) is 0 Å². The summed E-state index contributed by atoms with van der Waals surface area (Å²) >= 11 is 0. The normalized spacial score (nSPS) is 10.9. The Morgan fingerprint density at radius 2 is 1.00 bits per heavy atom. The third-order valence-electron chi connectivity index (χ3n) is 6.28. The summed E-state index contributed by atoms with van der Waals surface area (Å²) < 4.78 is 0. The molecule has 5 rings (SSSR count).